The topological polar surface area (TPSA) is 86.8 Å². The molecule has 2 saturated carbocycles. The molecule has 0 radical (unpaired) electrons. The molecule has 0 spiro atoms. The Kier molecular flexibility index (Phi) is 8.97. The monoisotopic (exact) mass is 447 g/mol. The third-order valence-electron chi connectivity index (χ3n) is 6.55. The van der Waals surface area contributed by atoms with Gasteiger partial charge in [0.2, 0.25) is 5.91 Å². The lowest BCUT2D eigenvalue weighted by Gasteiger charge is -2.28. The van der Waals surface area contributed by atoms with E-state index in [-0.39, 0.29) is 43.5 Å². The molecule has 1 amide bonds. The molecule has 4 N–H and O–H groups in total. The molecule has 10 heteroatoms. The van der Waals surface area contributed by atoms with Crippen LogP contribution >= 0.6 is 0 Å². The van der Waals surface area contributed by atoms with Crippen LogP contribution in [0.3, 0.4) is 0 Å². The van der Waals surface area contributed by atoms with Crippen LogP contribution in [0.5, 0.6) is 0 Å². The maximum absolute atomic E-state index is 14.2. The van der Waals surface area contributed by atoms with Crippen molar-refractivity contribution < 1.29 is 22.7 Å². The molecule has 1 heterocycles. The van der Waals surface area contributed by atoms with Crippen LogP contribution in [0.15, 0.2) is 4.99 Å². The number of ether oxygens (including phenoxy) is 1. The van der Waals surface area contributed by atoms with Gasteiger partial charge < -0.3 is 10.1 Å². The van der Waals surface area contributed by atoms with Gasteiger partial charge in [-0.15, -0.1) is 0 Å². The fraction of sp³-hybridized carbons (Fsp3) is 0.905. The van der Waals surface area contributed by atoms with Gasteiger partial charge in [-0.25, -0.2) is 23.6 Å². The SMILES string of the molecule is COC[C@H](C)N/C(=N\C1CC(C2CCC(F)CC2)NN1)NC(=O)C1CCC(F)CC1F. The number of carbonyl (C=O) groups excluding carboxylic acids is 1. The molecule has 178 valence electrons. The molecule has 3 fully saturated rings. The van der Waals surface area contributed by atoms with Crippen molar-refractivity contribution in [3.05, 3.63) is 0 Å². The second-order valence-corrected chi connectivity index (χ2v) is 9.16. The van der Waals surface area contributed by atoms with Gasteiger partial charge >= 0.3 is 0 Å². The van der Waals surface area contributed by atoms with E-state index in [1.165, 1.54) is 0 Å². The number of aliphatic imine (C=N–C) groups is 1. The van der Waals surface area contributed by atoms with Crippen molar-refractivity contribution in [2.24, 2.45) is 16.8 Å². The van der Waals surface area contributed by atoms with E-state index in [0.717, 1.165) is 12.8 Å². The number of halogens is 3. The zero-order chi connectivity index (χ0) is 22.4. The number of hydrazine groups is 1. The average molecular weight is 448 g/mol. The van der Waals surface area contributed by atoms with E-state index < -0.39 is 30.3 Å². The van der Waals surface area contributed by atoms with Crippen molar-refractivity contribution in [1.82, 2.24) is 21.5 Å². The van der Waals surface area contributed by atoms with Crippen molar-refractivity contribution in [3.63, 3.8) is 0 Å². The van der Waals surface area contributed by atoms with E-state index in [9.17, 15) is 18.0 Å². The van der Waals surface area contributed by atoms with Gasteiger partial charge in [-0.2, -0.15) is 0 Å². The summed E-state index contributed by atoms with van der Waals surface area (Å²) >= 11 is 0. The smallest absolute Gasteiger partial charge is 0.232 e. The Bertz CT molecular complexity index is 618. The highest BCUT2D eigenvalue weighted by molar-refractivity contribution is 5.98. The molecular weight excluding hydrogens is 411 g/mol. The van der Waals surface area contributed by atoms with Crippen molar-refractivity contribution >= 4 is 11.9 Å². The number of methoxy groups -OCH3 is 1. The molecule has 3 aliphatic rings. The van der Waals surface area contributed by atoms with Gasteiger partial charge in [0.1, 0.15) is 24.7 Å². The van der Waals surface area contributed by atoms with Crippen LogP contribution in [0.25, 0.3) is 0 Å². The number of carbonyl (C=O) groups is 1. The Labute approximate surface area is 182 Å². The first-order chi connectivity index (χ1) is 14.9. The van der Waals surface area contributed by atoms with E-state index in [1.807, 2.05) is 6.92 Å². The number of nitrogens with one attached hydrogen (secondary N) is 4. The highest BCUT2D eigenvalue weighted by Gasteiger charge is 2.37. The Morgan fingerprint density at radius 3 is 2.45 bits per heavy atom. The molecule has 1 aliphatic heterocycles. The molecule has 5 unspecified atom stereocenters. The van der Waals surface area contributed by atoms with E-state index in [4.69, 9.17) is 4.74 Å². The van der Waals surface area contributed by atoms with Crippen molar-refractivity contribution in [2.45, 2.75) is 95.1 Å². The van der Waals surface area contributed by atoms with Crippen LogP contribution in [0.1, 0.15) is 58.3 Å². The summed E-state index contributed by atoms with van der Waals surface area (Å²) in [6.45, 7) is 2.29. The van der Waals surface area contributed by atoms with Gasteiger partial charge in [-0.1, -0.05) is 0 Å². The van der Waals surface area contributed by atoms with Crippen LogP contribution in [-0.2, 0) is 9.53 Å². The first-order valence-electron chi connectivity index (χ1n) is 11.4. The van der Waals surface area contributed by atoms with Crippen molar-refractivity contribution in [3.8, 4) is 0 Å². The van der Waals surface area contributed by atoms with Crippen LogP contribution < -0.4 is 21.5 Å². The number of nitrogens with zero attached hydrogens (tertiary/aromatic N) is 1. The molecule has 0 aromatic carbocycles. The molecule has 31 heavy (non-hydrogen) atoms. The summed E-state index contributed by atoms with van der Waals surface area (Å²) in [4.78, 5) is 17.3. The van der Waals surface area contributed by atoms with Gasteiger partial charge in [-0.05, 0) is 51.4 Å². The zero-order valence-electron chi connectivity index (χ0n) is 18.4. The maximum atomic E-state index is 14.2. The first kappa shape index (κ1) is 24.3. The molecule has 1 saturated heterocycles. The standard InChI is InChI=1S/C21H36F3N5O2/c1-12(11-31-2)25-21(27-20(30)16-8-7-15(23)9-17(16)24)26-19-10-18(28-29-19)13-3-5-14(22)6-4-13/h12-19,28-29H,3-11H2,1-2H3,(H2,25,26,27,30)/t12-,13?,14?,15?,16?,17?,18?,19?/m0/s1. The number of hydrogen-bond acceptors (Lipinski definition) is 5. The highest BCUT2D eigenvalue weighted by Crippen LogP contribution is 2.31. The minimum absolute atomic E-state index is 0.128. The van der Waals surface area contributed by atoms with Crippen molar-refractivity contribution in [2.75, 3.05) is 13.7 Å². The summed E-state index contributed by atoms with van der Waals surface area (Å²) in [6, 6.07) is 0.0569. The van der Waals surface area contributed by atoms with Crippen molar-refractivity contribution in [1.29, 1.82) is 0 Å². The molecule has 0 bridgehead atoms. The molecule has 6 atom stereocenters. The Hall–Kier alpha value is -1.39. The third kappa shape index (κ3) is 7.05. The number of alkyl halides is 3. The van der Waals surface area contributed by atoms with Gasteiger partial charge in [-0.3, -0.25) is 15.5 Å². The van der Waals surface area contributed by atoms with E-state index in [2.05, 4.69) is 26.5 Å². The maximum Gasteiger partial charge on any atom is 0.232 e. The molecule has 0 aromatic rings. The predicted molar refractivity (Wildman–Crippen MR) is 113 cm³/mol. The van der Waals surface area contributed by atoms with Crippen LogP contribution in [0.4, 0.5) is 13.2 Å². The normalized spacial score (nSPS) is 38.0. The molecule has 7 nitrogen and oxygen atoms in total. The lowest BCUT2D eigenvalue weighted by atomic mass is 9.82. The minimum Gasteiger partial charge on any atom is -0.383 e. The summed E-state index contributed by atoms with van der Waals surface area (Å²) < 4.78 is 46.2. The number of rotatable bonds is 6. The van der Waals surface area contributed by atoms with Crippen LogP contribution in [-0.4, -0.2) is 62.3 Å². The molecular formula is C21H36F3N5O2. The predicted octanol–water partition coefficient (Wildman–Crippen LogP) is 2.28. The quantitative estimate of drug-likeness (QED) is 0.371. The number of guanidine groups is 1. The molecule has 3 rings (SSSR count). The third-order valence-corrected chi connectivity index (χ3v) is 6.55. The minimum atomic E-state index is -1.50. The zero-order valence-corrected chi connectivity index (χ0v) is 18.4. The Morgan fingerprint density at radius 2 is 1.77 bits per heavy atom. The first-order valence-corrected chi connectivity index (χ1v) is 11.4. The fourth-order valence-electron chi connectivity index (χ4n) is 4.80. The number of hydrogen-bond donors (Lipinski definition) is 4. The van der Waals surface area contributed by atoms with Gasteiger partial charge in [0.05, 0.1) is 12.5 Å². The lowest BCUT2D eigenvalue weighted by Crippen LogP contribution is -2.51. The summed E-state index contributed by atoms with van der Waals surface area (Å²) in [7, 11) is 1.58. The average Bonchev–Trinajstić information content (AvgIpc) is 3.17. The lowest BCUT2D eigenvalue weighted by molar-refractivity contribution is -0.127. The fourth-order valence-corrected chi connectivity index (χ4v) is 4.80. The second-order valence-electron chi connectivity index (χ2n) is 9.16. The number of amides is 1. The van der Waals surface area contributed by atoms with E-state index in [0.29, 0.717) is 31.8 Å². The Morgan fingerprint density at radius 1 is 1.06 bits per heavy atom. The summed E-state index contributed by atoms with van der Waals surface area (Å²) in [5.74, 6) is -0.730. The van der Waals surface area contributed by atoms with Gasteiger partial charge in [0, 0.05) is 32.0 Å². The summed E-state index contributed by atoms with van der Waals surface area (Å²) in [5.41, 5.74) is 6.40. The largest absolute Gasteiger partial charge is 0.383 e. The van der Waals surface area contributed by atoms with Crippen LogP contribution in [0, 0.1) is 11.8 Å². The summed E-state index contributed by atoms with van der Waals surface area (Å²) in [5, 5.41) is 5.83. The van der Waals surface area contributed by atoms with E-state index >= 15 is 0 Å². The van der Waals surface area contributed by atoms with Gasteiger partial charge in [0.15, 0.2) is 5.96 Å². The molecule has 2 aliphatic carbocycles. The summed E-state index contributed by atoms with van der Waals surface area (Å²) in [6.07, 6.45) is 0.0553. The van der Waals surface area contributed by atoms with E-state index in [1.54, 1.807) is 7.11 Å². The van der Waals surface area contributed by atoms with Crippen LogP contribution in [0.2, 0.25) is 0 Å². The highest BCUT2D eigenvalue weighted by atomic mass is 19.1. The molecule has 0 aromatic heterocycles. The second kappa shape index (κ2) is 11.5. The van der Waals surface area contributed by atoms with Gasteiger partial charge in [0.25, 0.3) is 0 Å². The Balaban J connectivity index is 1.61.